The number of nitrogens with zero attached hydrogens (tertiary/aromatic N) is 2. The topological polar surface area (TPSA) is 25.8 Å². The molecule has 2 aliphatic rings. The molecule has 0 aliphatic heterocycles. The van der Waals surface area contributed by atoms with Crippen molar-refractivity contribution in [2.24, 2.45) is 0 Å². The van der Waals surface area contributed by atoms with E-state index in [2.05, 4.69) is 195 Å². The van der Waals surface area contributed by atoms with Crippen LogP contribution in [0.1, 0.15) is 49.9 Å². The fourth-order valence-corrected chi connectivity index (χ4v) is 9.83. The minimum atomic E-state index is -0.130. The van der Waals surface area contributed by atoms with Crippen LogP contribution in [-0.4, -0.2) is 9.97 Å². The predicted molar refractivity (Wildman–Crippen MR) is 250 cm³/mol. The fourth-order valence-electron chi connectivity index (χ4n) is 9.83. The largest absolute Gasteiger partial charge is 0.256 e. The molecule has 0 unspecified atom stereocenters. The molecule has 7 aromatic carbocycles. The van der Waals surface area contributed by atoms with Gasteiger partial charge >= 0.3 is 0 Å². The van der Waals surface area contributed by atoms with Gasteiger partial charge in [0.1, 0.15) is 0 Å². The molecular weight excluding hydrogens is 725 g/mol. The lowest BCUT2D eigenvalue weighted by Crippen LogP contribution is -2.15. The number of hydrogen-bond donors (Lipinski definition) is 0. The SMILES string of the molecule is CC1(C)c2cc(-c3ccc(-c4ccc5c(c4)C(C)(C)c4cc(-c6cccc(-c7ccccn7)c6)ccc4-5)cc3)ccc2-c2ccc(-c3cccc(-c4ccccn4)c3)cc21. The molecule has 9 aromatic rings. The van der Waals surface area contributed by atoms with Crippen LogP contribution in [0.4, 0.5) is 0 Å². The van der Waals surface area contributed by atoms with Crippen LogP contribution in [0.25, 0.3) is 89.3 Å². The number of rotatable bonds is 6. The van der Waals surface area contributed by atoms with E-state index in [0.29, 0.717) is 0 Å². The monoisotopic (exact) mass is 768 g/mol. The Morgan fingerprint density at radius 3 is 0.900 bits per heavy atom. The Hall–Kier alpha value is -7.16. The van der Waals surface area contributed by atoms with E-state index in [1.54, 1.807) is 0 Å². The van der Waals surface area contributed by atoms with Gasteiger partial charge in [-0.05, 0) is 150 Å². The normalized spacial score (nSPS) is 13.9. The van der Waals surface area contributed by atoms with Crippen LogP contribution >= 0.6 is 0 Å². The molecule has 0 radical (unpaired) electrons. The molecule has 286 valence electrons. The van der Waals surface area contributed by atoms with Crippen molar-refractivity contribution in [3.8, 4) is 89.3 Å². The highest BCUT2D eigenvalue weighted by molar-refractivity contribution is 5.88. The maximum absolute atomic E-state index is 4.59. The molecule has 0 N–H and O–H groups in total. The lowest BCUT2D eigenvalue weighted by atomic mass is 9.80. The number of benzene rings is 7. The first kappa shape index (κ1) is 36.0. The third-order valence-corrected chi connectivity index (χ3v) is 13.2. The average molecular weight is 769 g/mol. The molecule has 0 fully saturated rings. The van der Waals surface area contributed by atoms with Crippen LogP contribution in [0.2, 0.25) is 0 Å². The zero-order valence-electron chi connectivity index (χ0n) is 34.4. The van der Waals surface area contributed by atoms with Crippen molar-refractivity contribution < 1.29 is 0 Å². The smallest absolute Gasteiger partial charge is 0.0702 e. The molecule has 2 heterocycles. The third kappa shape index (κ3) is 5.86. The van der Waals surface area contributed by atoms with E-state index in [1.807, 2.05) is 36.7 Å². The van der Waals surface area contributed by atoms with Crippen molar-refractivity contribution in [2.45, 2.75) is 38.5 Å². The summed E-state index contributed by atoms with van der Waals surface area (Å²) >= 11 is 0. The summed E-state index contributed by atoms with van der Waals surface area (Å²) in [5, 5.41) is 0. The number of aromatic nitrogens is 2. The summed E-state index contributed by atoms with van der Waals surface area (Å²) in [5.41, 5.74) is 24.6. The summed E-state index contributed by atoms with van der Waals surface area (Å²) in [6.07, 6.45) is 3.71. The van der Waals surface area contributed by atoms with E-state index < -0.39 is 0 Å². The Morgan fingerprint density at radius 2 is 0.567 bits per heavy atom. The molecule has 0 amide bonds. The van der Waals surface area contributed by atoms with Gasteiger partial charge in [0, 0.05) is 34.4 Å². The zero-order chi connectivity index (χ0) is 40.6. The molecule has 60 heavy (non-hydrogen) atoms. The van der Waals surface area contributed by atoms with Crippen LogP contribution in [0.3, 0.4) is 0 Å². The summed E-state index contributed by atoms with van der Waals surface area (Å²) in [6.45, 7) is 9.48. The Labute approximate surface area is 353 Å². The van der Waals surface area contributed by atoms with Crippen LogP contribution in [0.5, 0.6) is 0 Å². The molecule has 0 saturated heterocycles. The van der Waals surface area contributed by atoms with Gasteiger partial charge in [-0.3, -0.25) is 9.97 Å². The van der Waals surface area contributed by atoms with Gasteiger partial charge in [0.25, 0.3) is 0 Å². The van der Waals surface area contributed by atoms with Gasteiger partial charge in [0.15, 0.2) is 0 Å². The summed E-state index contributed by atoms with van der Waals surface area (Å²) in [4.78, 5) is 9.17. The van der Waals surface area contributed by atoms with Crippen molar-refractivity contribution in [3.63, 3.8) is 0 Å². The van der Waals surface area contributed by atoms with Crippen molar-refractivity contribution in [3.05, 3.63) is 217 Å². The molecule has 0 bridgehead atoms. The first-order chi connectivity index (χ1) is 29.2. The highest BCUT2D eigenvalue weighted by Gasteiger charge is 2.37. The lowest BCUT2D eigenvalue weighted by Gasteiger charge is -2.23. The molecule has 0 saturated carbocycles. The minimum absolute atomic E-state index is 0.130. The number of pyridine rings is 2. The summed E-state index contributed by atoms with van der Waals surface area (Å²) < 4.78 is 0. The van der Waals surface area contributed by atoms with E-state index in [-0.39, 0.29) is 10.8 Å². The second-order valence-electron chi connectivity index (χ2n) is 17.5. The number of hydrogen-bond acceptors (Lipinski definition) is 2. The van der Waals surface area contributed by atoms with Gasteiger partial charge in [0.05, 0.1) is 11.4 Å². The molecule has 0 atom stereocenters. The summed E-state index contributed by atoms with van der Waals surface area (Å²) in [5.74, 6) is 0. The first-order valence-corrected chi connectivity index (χ1v) is 21.0. The molecule has 2 nitrogen and oxygen atoms in total. The van der Waals surface area contributed by atoms with Gasteiger partial charge in [-0.2, -0.15) is 0 Å². The van der Waals surface area contributed by atoms with Gasteiger partial charge in [0.2, 0.25) is 0 Å². The second kappa shape index (κ2) is 13.7. The molecule has 2 heteroatoms. The highest BCUT2D eigenvalue weighted by atomic mass is 14.7. The van der Waals surface area contributed by atoms with E-state index in [9.17, 15) is 0 Å². The Balaban J connectivity index is 0.856. The Morgan fingerprint density at radius 1 is 0.267 bits per heavy atom. The van der Waals surface area contributed by atoms with Crippen LogP contribution in [0.15, 0.2) is 194 Å². The summed E-state index contributed by atoms with van der Waals surface area (Å²) in [6, 6.07) is 66.8. The highest BCUT2D eigenvalue weighted by Crippen LogP contribution is 2.52. The lowest BCUT2D eigenvalue weighted by molar-refractivity contribution is 0.660. The van der Waals surface area contributed by atoms with Crippen molar-refractivity contribution >= 4 is 0 Å². The van der Waals surface area contributed by atoms with E-state index >= 15 is 0 Å². The minimum Gasteiger partial charge on any atom is -0.256 e. The van der Waals surface area contributed by atoms with Crippen molar-refractivity contribution in [1.29, 1.82) is 0 Å². The Bertz CT molecular complexity index is 2910. The third-order valence-electron chi connectivity index (χ3n) is 13.2. The second-order valence-corrected chi connectivity index (χ2v) is 17.5. The fraction of sp³-hybridized carbons (Fsp3) is 0.103. The van der Waals surface area contributed by atoms with E-state index in [1.165, 1.54) is 89.0 Å². The van der Waals surface area contributed by atoms with Crippen molar-refractivity contribution in [1.82, 2.24) is 9.97 Å². The van der Waals surface area contributed by atoms with Crippen LogP contribution in [0, 0.1) is 0 Å². The maximum Gasteiger partial charge on any atom is 0.0702 e. The molecule has 0 spiro atoms. The van der Waals surface area contributed by atoms with Crippen LogP contribution < -0.4 is 0 Å². The average Bonchev–Trinajstić information content (AvgIpc) is 3.67. The van der Waals surface area contributed by atoms with Gasteiger partial charge in [-0.25, -0.2) is 0 Å². The van der Waals surface area contributed by atoms with Gasteiger partial charge in [-0.1, -0.05) is 149 Å². The maximum atomic E-state index is 4.59. The van der Waals surface area contributed by atoms with Gasteiger partial charge in [-0.15, -0.1) is 0 Å². The van der Waals surface area contributed by atoms with E-state index in [4.69, 9.17) is 0 Å². The van der Waals surface area contributed by atoms with Gasteiger partial charge < -0.3 is 0 Å². The first-order valence-electron chi connectivity index (χ1n) is 21.0. The molecule has 11 rings (SSSR count). The standard InChI is InChI=1S/C58H44N2/c1-57(2)51-33-41(21-25-47(51)49-27-23-43(35-53(49)57)39-11-9-13-45(31-39)55-15-5-7-29-59-55)37-17-19-38(20-18-37)42-22-26-48-50-28-24-44(36-54(50)58(3,4)52(48)34-42)40-12-10-14-46(32-40)56-16-6-8-30-60-56/h5-36H,1-4H3. The zero-order valence-corrected chi connectivity index (χ0v) is 34.4. The number of fused-ring (bicyclic) bond motifs is 6. The molecule has 2 aliphatic carbocycles. The van der Waals surface area contributed by atoms with Crippen LogP contribution in [-0.2, 0) is 10.8 Å². The van der Waals surface area contributed by atoms with E-state index in [0.717, 1.165) is 22.5 Å². The Kier molecular flexibility index (Phi) is 8.22. The molecule has 2 aromatic heterocycles. The van der Waals surface area contributed by atoms with Crippen molar-refractivity contribution in [2.75, 3.05) is 0 Å². The molecular formula is C58H44N2. The predicted octanol–water partition coefficient (Wildman–Crippen LogP) is 15.1. The summed E-state index contributed by atoms with van der Waals surface area (Å²) in [7, 11) is 0. The quantitative estimate of drug-likeness (QED) is 0.168.